The second-order valence-electron chi connectivity index (χ2n) is 5.49. The van der Waals surface area contributed by atoms with Crippen molar-refractivity contribution in [2.75, 3.05) is 11.9 Å². The minimum atomic E-state index is 0.259. The average Bonchev–Trinajstić information content (AvgIpc) is 2.98. The molecule has 2 rings (SSSR count). The molecule has 1 unspecified atom stereocenters. The van der Waals surface area contributed by atoms with E-state index in [4.69, 9.17) is 11.6 Å². The molecule has 0 aliphatic carbocycles. The van der Waals surface area contributed by atoms with Crippen molar-refractivity contribution in [1.82, 2.24) is 10.3 Å². The molecular weight excluding hydrogens is 302 g/mol. The quantitative estimate of drug-likeness (QED) is 0.848. The molecule has 21 heavy (non-hydrogen) atoms. The Morgan fingerprint density at radius 3 is 2.71 bits per heavy atom. The van der Waals surface area contributed by atoms with E-state index in [0.717, 1.165) is 17.9 Å². The van der Waals surface area contributed by atoms with Crippen LogP contribution in [0.25, 0.3) is 0 Å². The van der Waals surface area contributed by atoms with Crippen molar-refractivity contribution in [1.29, 1.82) is 0 Å². The van der Waals surface area contributed by atoms with E-state index in [1.54, 1.807) is 11.3 Å². The van der Waals surface area contributed by atoms with Crippen molar-refractivity contribution in [3.05, 3.63) is 45.2 Å². The van der Waals surface area contributed by atoms with E-state index in [1.165, 1.54) is 4.88 Å². The van der Waals surface area contributed by atoms with Crippen LogP contribution in [0.4, 0.5) is 5.82 Å². The van der Waals surface area contributed by atoms with Gasteiger partial charge in [-0.2, -0.15) is 0 Å². The van der Waals surface area contributed by atoms with E-state index in [9.17, 15) is 0 Å². The molecular formula is C16H22ClN3S. The van der Waals surface area contributed by atoms with Gasteiger partial charge in [-0.3, -0.25) is 0 Å². The number of pyridine rings is 1. The Morgan fingerprint density at radius 2 is 2.14 bits per heavy atom. The van der Waals surface area contributed by atoms with Gasteiger partial charge in [-0.25, -0.2) is 4.98 Å². The topological polar surface area (TPSA) is 28.2 Å². The van der Waals surface area contributed by atoms with E-state index in [0.29, 0.717) is 11.1 Å². The number of hydrogen-bond donors (Lipinski definition) is 1. The molecule has 0 aliphatic rings. The molecule has 1 N–H and O–H groups in total. The fourth-order valence-electron chi connectivity index (χ4n) is 2.05. The summed E-state index contributed by atoms with van der Waals surface area (Å²) in [5, 5.41) is 6.16. The number of hydrogen-bond acceptors (Lipinski definition) is 4. The van der Waals surface area contributed by atoms with Crippen LogP contribution >= 0.6 is 22.9 Å². The lowest BCUT2D eigenvalue weighted by molar-refractivity contribution is 0.588. The normalized spacial score (nSPS) is 12.7. The smallest absolute Gasteiger partial charge is 0.147 e. The highest BCUT2D eigenvalue weighted by molar-refractivity contribution is 7.10. The molecule has 3 nitrogen and oxygen atoms in total. The average molecular weight is 324 g/mol. The third-order valence-corrected chi connectivity index (χ3v) is 4.78. The molecule has 0 radical (unpaired) electrons. The van der Waals surface area contributed by atoms with Gasteiger partial charge in [-0.15, -0.1) is 11.3 Å². The second kappa shape index (κ2) is 7.25. The number of aromatic nitrogens is 1. The number of rotatable bonds is 6. The van der Waals surface area contributed by atoms with Crippen LogP contribution in [-0.2, 0) is 6.54 Å². The minimum absolute atomic E-state index is 0.259. The summed E-state index contributed by atoms with van der Waals surface area (Å²) in [6, 6.07) is 6.91. The Morgan fingerprint density at radius 1 is 1.38 bits per heavy atom. The molecule has 0 spiro atoms. The van der Waals surface area contributed by atoms with Crippen LogP contribution in [0.2, 0.25) is 5.02 Å². The molecule has 114 valence electrons. The summed E-state index contributed by atoms with van der Waals surface area (Å²) < 4.78 is 0. The van der Waals surface area contributed by atoms with Crippen LogP contribution in [0.3, 0.4) is 0 Å². The highest BCUT2D eigenvalue weighted by Gasteiger charge is 2.17. The molecule has 0 bridgehead atoms. The van der Waals surface area contributed by atoms with Gasteiger partial charge in [0.25, 0.3) is 0 Å². The molecule has 0 saturated carbocycles. The van der Waals surface area contributed by atoms with E-state index < -0.39 is 0 Å². The standard InChI is InChI=1S/C16H22ClN3S/c1-11(2)18-9-13-8-14(17)16(19-10-13)20(4)12(3)15-6-5-7-21-15/h5-8,10-12,18H,9H2,1-4H3. The van der Waals surface area contributed by atoms with Gasteiger partial charge in [0.2, 0.25) is 0 Å². The van der Waals surface area contributed by atoms with Crippen LogP contribution in [0.5, 0.6) is 0 Å². The summed E-state index contributed by atoms with van der Waals surface area (Å²) >= 11 is 8.17. The molecule has 2 aromatic heterocycles. The predicted octanol–water partition coefficient (Wildman–Crippen LogP) is 4.49. The molecule has 0 fully saturated rings. The minimum Gasteiger partial charge on any atom is -0.351 e. The summed E-state index contributed by atoms with van der Waals surface area (Å²) in [4.78, 5) is 7.97. The fourth-order valence-corrected chi connectivity index (χ4v) is 3.20. The lowest BCUT2D eigenvalue weighted by atomic mass is 10.2. The maximum Gasteiger partial charge on any atom is 0.147 e. The number of anilines is 1. The van der Waals surface area contributed by atoms with E-state index >= 15 is 0 Å². The zero-order valence-electron chi connectivity index (χ0n) is 12.9. The molecule has 2 aromatic rings. The zero-order chi connectivity index (χ0) is 15.4. The van der Waals surface area contributed by atoms with Crippen LogP contribution in [0.1, 0.15) is 37.3 Å². The van der Waals surface area contributed by atoms with Gasteiger partial charge in [-0.1, -0.05) is 31.5 Å². The summed E-state index contributed by atoms with van der Waals surface area (Å²) in [6.07, 6.45) is 1.90. The summed E-state index contributed by atoms with van der Waals surface area (Å²) in [6.45, 7) is 7.20. The molecule has 0 aliphatic heterocycles. The molecule has 1 atom stereocenters. The van der Waals surface area contributed by atoms with Gasteiger partial charge in [0, 0.05) is 30.7 Å². The second-order valence-corrected chi connectivity index (χ2v) is 6.87. The molecule has 0 aromatic carbocycles. The lowest BCUT2D eigenvalue weighted by Crippen LogP contribution is -2.23. The zero-order valence-corrected chi connectivity index (χ0v) is 14.5. The molecule has 0 amide bonds. The van der Waals surface area contributed by atoms with Crippen molar-refractivity contribution in [3.8, 4) is 0 Å². The Kier molecular flexibility index (Phi) is 5.62. The van der Waals surface area contributed by atoms with Crippen LogP contribution in [-0.4, -0.2) is 18.1 Å². The van der Waals surface area contributed by atoms with Crippen LogP contribution < -0.4 is 10.2 Å². The monoisotopic (exact) mass is 323 g/mol. The van der Waals surface area contributed by atoms with E-state index in [1.807, 2.05) is 19.3 Å². The van der Waals surface area contributed by atoms with Gasteiger partial charge in [0.15, 0.2) is 0 Å². The van der Waals surface area contributed by atoms with Gasteiger partial charge in [0.05, 0.1) is 11.1 Å². The Hall–Kier alpha value is -1.10. The Labute approximate surface area is 136 Å². The summed E-state index contributed by atoms with van der Waals surface area (Å²) in [5.74, 6) is 0.825. The first-order chi connectivity index (χ1) is 9.99. The highest BCUT2D eigenvalue weighted by atomic mass is 35.5. The van der Waals surface area contributed by atoms with Gasteiger partial charge in [-0.05, 0) is 30.0 Å². The van der Waals surface area contributed by atoms with Crippen molar-refractivity contribution in [2.24, 2.45) is 0 Å². The maximum atomic E-state index is 6.42. The Balaban J connectivity index is 2.13. The third kappa shape index (κ3) is 4.19. The SMILES string of the molecule is CC(C)NCc1cnc(N(C)C(C)c2cccs2)c(Cl)c1. The number of halogens is 1. The van der Waals surface area contributed by atoms with Crippen LogP contribution in [0.15, 0.2) is 29.8 Å². The largest absolute Gasteiger partial charge is 0.351 e. The highest BCUT2D eigenvalue weighted by Crippen LogP contribution is 2.31. The fraction of sp³-hybridized carbons (Fsp3) is 0.438. The first-order valence-electron chi connectivity index (χ1n) is 7.13. The summed E-state index contributed by atoms with van der Waals surface area (Å²) in [5.41, 5.74) is 1.11. The maximum absolute atomic E-state index is 6.42. The number of nitrogens with one attached hydrogen (secondary N) is 1. The first-order valence-corrected chi connectivity index (χ1v) is 8.39. The van der Waals surface area contributed by atoms with Crippen molar-refractivity contribution in [2.45, 2.75) is 39.4 Å². The van der Waals surface area contributed by atoms with Gasteiger partial charge < -0.3 is 10.2 Å². The van der Waals surface area contributed by atoms with Crippen molar-refractivity contribution < 1.29 is 0 Å². The first kappa shape index (κ1) is 16.3. The van der Waals surface area contributed by atoms with Gasteiger partial charge >= 0.3 is 0 Å². The summed E-state index contributed by atoms with van der Waals surface area (Å²) in [7, 11) is 2.03. The van der Waals surface area contributed by atoms with Gasteiger partial charge in [0.1, 0.15) is 5.82 Å². The van der Waals surface area contributed by atoms with E-state index in [-0.39, 0.29) is 6.04 Å². The molecule has 0 saturated heterocycles. The van der Waals surface area contributed by atoms with E-state index in [2.05, 4.69) is 53.5 Å². The third-order valence-electron chi connectivity index (χ3n) is 3.46. The molecule has 2 heterocycles. The van der Waals surface area contributed by atoms with Crippen molar-refractivity contribution >= 4 is 28.8 Å². The number of thiophene rings is 1. The lowest BCUT2D eigenvalue weighted by Gasteiger charge is -2.26. The van der Waals surface area contributed by atoms with Crippen molar-refractivity contribution in [3.63, 3.8) is 0 Å². The Bertz CT molecular complexity index is 569. The molecule has 5 heteroatoms. The predicted molar refractivity (Wildman–Crippen MR) is 92.4 cm³/mol. The van der Waals surface area contributed by atoms with Crippen LogP contribution in [0, 0.1) is 0 Å². The number of nitrogens with zero attached hydrogens (tertiary/aromatic N) is 2.